The van der Waals surface area contributed by atoms with E-state index < -0.39 is 17.5 Å². The van der Waals surface area contributed by atoms with Crippen LogP contribution in [0.3, 0.4) is 0 Å². The van der Waals surface area contributed by atoms with Gasteiger partial charge in [-0.15, -0.1) is 0 Å². The van der Waals surface area contributed by atoms with Gasteiger partial charge in [-0.05, 0) is 30.3 Å². The number of hydrogen-bond acceptors (Lipinski definition) is 7. The molecule has 0 spiro atoms. The van der Waals surface area contributed by atoms with Gasteiger partial charge in [-0.1, -0.05) is 0 Å². The molecule has 0 saturated carbocycles. The van der Waals surface area contributed by atoms with E-state index in [-0.39, 0.29) is 24.0 Å². The summed E-state index contributed by atoms with van der Waals surface area (Å²) in [5, 5.41) is 20.9. The monoisotopic (exact) mass is 374 g/mol. The molecule has 2 aromatic carbocycles. The van der Waals surface area contributed by atoms with Gasteiger partial charge in [-0.3, -0.25) is 5.43 Å². The first-order chi connectivity index (χ1) is 12.9. The summed E-state index contributed by atoms with van der Waals surface area (Å²) in [5.74, 6) is 1.24. The number of anilines is 1. The third-order valence-electron chi connectivity index (χ3n) is 3.38. The normalized spacial score (nSPS) is 11.9. The summed E-state index contributed by atoms with van der Waals surface area (Å²) in [6.07, 6.45) is -4.59. The van der Waals surface area contributed by atoms with Crippen LogP contribution in [0.1, 0.15) is 5.56 Å². The smallest absolute Gasteiger partial charge is 0.416 e. The molecule has 0 aromatic heterocycles. The van der Waals surface area contributed by atoms with E-state index in [4.69, 9.17) is 24.7 Å². The highest BCUT2D eigenvalue weighted by atomic mass is 19.4. The number of hydrogen-bond donors (Lipinski definition) is 1. The van der Waals surface area contributed by atoms with Crippen LogP contribution in [-0.2, 0) is 6.18 Å². The number of benzene rings is 2. The molecule has 2 aromatic rings. The molecule has 0 unspecified atom stereocenters. The average Bonchev–Trinajstić information content (AvgIpc) is 3.10. The fraction of sp³-hybridized carbons (Fsp3) is 0.118. The summed E-state index contributed by atoms with van der Waals surface area (Å²) in [6, 6.07) is 10.4. The molecule has 0 bridgehead atoms. The van der Waals surface area contributed by atoms with Crippen molar-refractivity contribution in [1.29, 1.82) is 10.5 Å². The minimum Gasteiger partial charge on any atom is -0.455 e. The van der Waals surface area contributed by atoms with Gasteiger partial charge in [0.15, 0.2) is 17.2 Å². The predicted molar refractivity (Wildman–Crippen MR) is 86.4 cm³/mol. The van der Waals surface area contributed by atoms with Gasteiger partial charge in [-0.2, -0.15) is 28.8 Å². The predicted octanol–water partition coefficient (Wildman–Crippen LogP) is 4.04. The van der Waals surface area contributed by atoms with Crippen molar-refractivity contribution in [2.75, 3.05) is 12.2 Å². The maximum Gasteiger partial charge on any atom is 0.416 e. The van der Waals surface area contributed by atoms with Crippen LogP contribution in [0, 0.1) is 22.7 Å². The van der Waals surface area contributed by atoms with Crippen LogP contribution >= 0.6 is 0 Å². The number of alkyl halides is 3. The van der Waals surface area contributed by atoms with Gasteiger partial charge < -0.3 is 14.2 Å². The van der Waals surface area contributed by atoms with E-state index >= 15 is 0 Å². The molecule has 1 N–H and O–H groups in total. The molecule has 7 nitrogen and oxygen atoms in total. The Kier molecular flexibility index (Phi) is 4.73. The summed E-state index contributed by atoms with van der Waals surface area (Å²) in [7, 11) is 0. The van der Waals surface area contributed by atoms with Crippen LogP contribution < -0.4 is 19.6 Å². The molecule has 0 fully saturated rings. The highest BCUT2D eigenvalue weighted by molar-refractivity contribution is 6.10. The van der Waals surface area contributed by atoms with E-state index in [9.17, 15) is 13.2 Å². The topological polar surface area (TPSA) is 99.7 Å². The third kappa shape index (κ3) is 4.02. The molecular formula is C17H9F3N4O3. The Bertz CT molecular complexity index is 974. The number of rotatable bonds is 4. The van der Waals surface area contributed by atoms with Gasteiger partial charge in [0, 0.05) is 6.07 Å². The van der Waals surface area contributed by atoms with E-state index in [1.807, 2.05) is 0 Å². The Morgan fingerprint density at radius 3 is 2.52 bits per heavy atom. The van der Waals surface area contributed by atoms with Gasteiger partial charge in [0.05, 0.1) is 11.3 Å². The molecule has 0 atom stereocenters. The number of nitrogens with one attached hydrogen (secondary N) is 1. The molecular weight excluding hydrogens is 365 g/mol. The fourth-order valence-electron chi connectivity index (χ4n) is 2.14. The number of nitrogens with zero attached hydrogens (tertiary/aromatic N) is 3. The standard InChI is InChI=1S/C17H9F3N4O3/c18-17(19,20)10-1-3-14(13(5-10)24-23-11(7-21)8-22)27-12-2-4-15-16(6-12)26-9-25-15/h1-6,24H,9H2. The lowest BCUT2D eigenvalue weighted by Crippen LogP contribution is -2.06. The SMILES string of the molecule is N#CC(C#N)=NNc1cc(C(F)(F)F)ccc1Oc1ccc2c(c1)OCO2. The van der Waals surface area contributed by atoms with Crippen molar-refractivity contribution in [3.05, 3.63) is 42.0 Å². The zero-order chi connectivity index (χ0) is 19.4. The molecule has 3 rings (SSSR count). The third-order valence-corrected chi connectivity index (χ3v) is 3.38. The first-order valence-electron chi connectivity index (χ1n) is 7.33. The van der Waals surface area contributed by atoms with Gasteiger partial charge in [-0.25, -0.2) is 0 Å². The average molecular weight is 374 g/mol. The first-order valence-corrected chi connectivity index (χ1v) is 7.33. The summed E-state index contributed by atoms with van der Waals surface area (Å²) < 4.78 is 54.9. The van der Waals surface area contributed by atoms with E-state index in [0.717, 1.165) is 18.2 Å². The minimum atomic E-state index is -4.59. The Morgan fingerprint density at radius 1 is 1.07 bits per heavy atom. The largest absolute Gasteiger partial charge is 0.455 e. The van der Waals surface area contributed by atoms with Gasteiger partial charge in [0.25, 0.3) is 0 Å². The van der Waals surface area contributed by atoms with E-state index in [0.29, 0.717) is 11.5 Å². The fourth-order valence-corrected chi connectivity index (χ4v) is 2.14. The number of nitriles is 2. The van der Waals surface area contributed by atoms with Crippen LogP contribution in [0.5, 0.6) is 23.0 Å². The molecule has 0 amide bonds. The second kappa shape index (κ2) is 7.14. The second-order valence-corrected chi connectivity index (χ2v) is 5.12. The Labute approximate surface area is 150 Å². The molecule has 10 heteroatoms. The molecule has 0 radical (unpaired) electrons. The zero-order valence-electron chi connectivity index (χ0n) is 13.4. The maximum absolute atomic E-state index is 13.0. The molecule has 0 saturated heterocycles. The number of ether oxygens (including phenoxy) is 3. The number of halogens is 3. The van der Waals surface area contributed by atoms with E-state index in [2.05, 4.69) is 10.5 Å². The molecule has 1 heterocycles. The number of hydrazone groups is 1. The number of fused-ring (bicyclic) bond motifs is 1. The van der Waals surface area contributed by atoms with Crippen LogP contribution in [0.4, 0.5) is 18.9 Å². The van der Waals surface area contributed by atoms with Crippen molar-refractivity contribution in [3.63, 3.8) is 0 Å². The minimum absolute atomic E-state index is 0.000782. The molecule has 136 valence electrons. The Hall–Kier alpha value is -3.92. The van der Waals surface area contributed by atoms with Gasteiger partial charge in [0.2, 0.25) is 12.5 Å². The van der Waals surface area contributed by atoms with Crippen molar-refractivity contribution >= 4 is 11.4 Å². The molecule has 1 aliphatic rings. The van der Waals surface area contributed by atoms with E-state index in [1.165, 1.54) is 18.2 Å². The quantitative estimate of drug-likeness (QED) is 0.640. The van der Waals surface area contributed by atoms with Crippen molar-refractivity contribution in [1.82, 2.24) is 0 Å². The first kappa shape index (κ1) is 17.9. The Morgan fingerprint density at radius 2 is 1.81 bits per heavy atom. The molecule has 1 aliphatic heterocycles. The summed E-state index contributed by atoms with van der Waals surface area (Å²) in [4.78, 5) is 0. The highest BCUT2D eigenvalue weighted by Gasteiger charge is 2.31. The molecule has 0 aliphatic carbocycles. The Balaban J connectivity index is 1.94. The van der Waals surface area contributed by atoms with Crippen LogP contribution in [0.2, 0.25) is 0 Å². The lowest BCUT2D eigenvalue weighted by molar-refractivity contribution is -0.137. The van der Waals surface area contributed by atoms with Crippen molar-refractivity contribution < 1.29 is 27.4 Å². The lowest BCUT2D eigenvalue weighted by atomic mass is 10.2. The molecule has 27 heavy (non-hydrogen) atoms. The maximum atomic E-state index is 13.0. The zero-order valence-corrected chi connectivity index (χ0v) is 13.4. The van der Waals surface area contributed by atoms with Crippen LogP contribution in [0.25, 0.3) is 0 Å². The van der Waals surface area contributed by atoms with Crippen LogP contribution in [0.15, 0.2) is 41.5 Å². The van der Waals surface area contributed by atoms with Crippen molar-refractivity contribution in [2.45, 2.75) is 6.18 Å². The van der Waals surface area contributed by atoms with Gasteiger partial charge >= 0.3 is 6.18 Å². The van der Waals surface area contributed by atoms with Crippen LogP contribution in [-0.4, -0.2) is 12.5 Å². The highest BCUT2D eigenvalue weighted by Crippen LogP contribution is 2.40. The second-order valence-electron chi connectivity index (χ2n) is 5.12. The summed E-state index contributed by atoms with van der Waals surface area (Å²) in [5.41, 5.74) is 0.582. The van der Waals surface area contributed by atoms with E-state index in [1.54, 1.807) is 12.1 Å². The van der Waals surface area contributed by atoms with Crippen molar-refractivity contribution in [3.8, 4) is 35.1 Å². The summed E-state index contributed by atoms with van der Waals surface area (Å²) in [6.45, 7) is 0.0612. The van der Waals surface area contributed by atoms with Crippen molar-refractivity contribution in [2.24, 2.45) is 5.10 Å². The van der Waals surface area contributed by atoms with Gasteiger partial charge in [0.1, 0.15) is 17.9 Å². The summed E-state index contributed by atoms with van der Waals surface area (Å²) >= 11 is 0. The lowest BCUT2D eigenvalue weighted by Gasteiger charge is -2.14.